The molecule has 0 aromatic carbocycles. The van der Waals surface area contributed by atoms with E-state index in [9.17, 15) is 5.11 Å². The summed E-state index contributed by atoms with van der Waals surface area (Å²) in [5.74, 6) is 0.338. The molecule has 0 radical (unpaired) electrons. The van der Waals surface area contributed by atoms with E-state index in [0.717, 1.165) is 25.1 Å². The number of aromatic nitrogens is 2. The molecule has 1 N–H and O–H groups in total. The minimum Gasteiger partial charge on any atom is -0.386 e. The Morgan fingerprint density at radius 2 is 1.94 bits per heavy atom. The molecule has 1 aromatic heterocycles. The number of hydrogen-bond acceptors (Lipinski definition) is 2. The molecule has 3 nitrogen and oxygen atoms in total. The van der Waals surface area contributed by atoms with E-state index < -0.39 is 6.10 Å². The molecule has 4 heteroatoms. The highest BCUT2D eigenvalue weighted by atomic mass is 35.5. The molecule has 0 spiro atoms. The molecule has 1 saturated carbocycles. The number of aliphatic hydroxyl groups excluding tert-OH is 1. The molecule has 0 amide bonds. The van der Waals surface area contributed by atoms with E-state index in [1.165, 1.54) is 32.1 Å². The van der Waals surface area contributed by atoms with E-state index in [4.69, 9.17) is 11.6 Å². The first-order valence-electron chi connectivity index (χ1n) is 7.13. The molecule has 18 heavy (non-hydrogen) atoms. The molecule has 1 heterocycles. The number of nitrogens with zero attached hydrogens (tertiary/aromatic N) is 2. The zero-order valence-corrected chi connectivity index (χ0v) is 11.9. The minimum absolute atomic E-state index is 0.338. The smallest absolute Gasteiger partial charge is 0.0999 e. The van der Waals surface area contributed by atoms with Crippen LogP contribution in [0.3, 0.4) is 0 Å². The summed E-state index contributed by atoms with van der Waals surface area (Å²) in [5, 5.41) is 15.4. The monoisotopic (exact) mass is 270 g/mol. The third-order valence-corrected chi connectivity index (χ3v) is 4.30. The molecular formula is C14H23ClN2O. The largest absolute Gasteiger partial charge is 0.386 e. The van der Waals surface area contributed by atoms with Crippen molar-refractivity contribution in [2.45, 2.75) is 64.5 Å². The number of hydrogen-bond donors (Lipinski definition) is 1. The Bertz CT molecular complexity index is 370. The van der Waals surface area contributed by atoms with Crippen molar-refractivity contribution in [3.05, 3.63) is 16.9 Å². The molecule has 2 rings (SSSR count). The summed E-state index contributed by atoms with van der Waals surface area (Å²) in [4.78, 5) is 0. The van der Waals surface area contributed by atoms with Crippen LogP contribution in [0.2, 0.25) is 5.02 Å². The lowest BCUT2D eigenvalue weighted by molar-refractivity contribution is 0.0831. The van der Waals surface area contributed by atoms with Crippen molar-refractivity contribution in [1.82, 2.24) is 9.78 Å². The van der Waals surface area contributed by atoms with Crippen LogP contribution in [0.1, 0.15) is 63.7 Å². The van der Waals surface area contributed by atoms with E-state index in [1.807, 2.05) is 11.6 Å². The third-order valence-electron chi connectivity index (χ3n) is 4.01. The molecule has 1 aliphatic rings. The Kier molecular flexibility index (Phi) is 5.07. The van der Waals surface area contributed by atoms with Gasteiger partial charge in [0, 0.05) is 6.54 Å². The van der Waals surface area contributed by atoms with E-state index in [0.29, 0.717) is 10.9 Å². The van der Waals surface area contributed by atoms with Gasteiger partial charge < -0.3 is 5.11 Å². The van der Waals surface area contributed by atoms with Crippen LogP contribution < -0.4 is 0 Å². The lowest BCUT2D eigenvalue weighted by atomic mass is 9.86. The van der Waals surface area contributed by atoms with Crippen LogP contribution >= 0.6 is 11.6 Å². The van der Waals surface area contributed by atoms with Gasteiger partial charge in [0.05, 0.1) is 23.0 Å². The van der Waals surface area contributed by atoms with Gasteiger partial charge in [-0.1, -0.05) is 43.7 Å². The molecule has 1 atom stereocenters. The predicted octanol–water partition coefficient (Wildman–Crippen LogP) is 3.95. The van der Waals surface area contributed by atoms with Crippen molar-refractivity contribution in [1.29, 1.82) is 0 Å². The summed E-state index contributed by atoms with van der Waals surface area (Å²) in [7, 11) is 0. The molecular weight excluding hydrogens is 248 g/mol. The van der Waals surface area contributed by atoms with E-state index >= 15 is 0 Å². The predicted molar refractivity (Wildman–Crippen MR) is 73.7 cm³/mol. The number of aliphatic hydroxyl groups is 1. The maximum absolute atomic E-state index is 10.6. The Morgan fingerprint density at radius 3 is 2.56 bits per heavy atom. The Balaban J connectivity index is 2.12. The van der Waals surface area contributed by atoms with Crippen molar-refractivity contribution in [3.8, 4) is 0 Å². The molecule has 0 aliphatic heterocycles. The first-order valence-corrected chi connectivity index (χ1v) is 7.51. The fraction of sp³-hybridized carbons (Fsp3) is 0.786. The van der Waals surface area contributed by atoms with Crippen molar-refractivity contribution in [2.75, 3.05) is 0 Å². The summed E-state index contributed by atoms with van der Waals surface area (Å²) in [5.41, 5.74) is 0.810. The second-order valence-electron chi connectivity index (χ2n) is 5.24. The van der Waals surface area contributed by atoms with Gasteiger partial charge in [-0.3, -0.25) is 4.68 Å². The van der Waals surface area contributed by atoms with Crippen LogP contribution in [0.25, 0.3) is 0 Å². The average Bonchev–Trinajstić information content (AvgIpc) is 2.69. The summed E-state index contributed by atoms with van der Waals surface area (Å²) in [6, 6.07) is 0. The second kappa shape index (κ2) is 6.58. The molecule has 1 aromatic rings. The highest BCUT2D eigenvalue weighted by molar-refractivity contribution is 6.31. The fourth-order valence-electron chi connectivity index (χ4n) is 2.94. The minimum atomic E-state index is -0.460. The van der Waals surface area contributed by atoms with Crippen LogP contribution in [-0.2, 0) is 6.54 Å². The van der Waals surface area contributed by atoms with Crippen molar-refractivity contribution in [3.63, 3.8) is 0 Å². The molecule has 0 bridgehead atoms. The molecule has 102 valence electrons. The number of rotatable bonds is 3. The van der Waals surface area contributed by atoms with E-state index in [1.54, 1.807) is 6.20 Å². The summed E-state index contributed by atoms with van der Waals surface area (Å²) in [6.45, 7) is 2.78. The quantitative estimate of drug-likeness (QED) is 0.903. The van der Waals surface area contributed by atoms with Crippen molar-refractivity contribution >= 4 is 11.6 Å². The van der Waals surface area contributed by atoms with Gasteiger partial charge >= 0.3 is 0 Å². The van der Waals surface area contributed by atoms with Gasteiger partial charge in [-0.05, 0) is 25.7 Å². The SMILES string of the molecule is CCn1ncc(Cl)c1C(O)C1CCCCCCC1. The van der Waals surface area contributed by atoms with Crippen LogP contribution in [0, 0.1) is 5.92 Å². The van der Waals surface area contributed by atoms with Gasteiger partial charge in [-0.25, -0.2) is 0 Å². The highest BCUT2D eigenvalue weighted by Gasteiger charge is 2.26. The standard InChI is InChI=1S/C14H23ClN2O/c1-2-17-13(12(15)10-16-17)14(18)11-8-6-4-3-5-7-9-11/h10-11,14,18H,2-9H2,1H3. The third kappa shape index (κ3) is 3.07. The van der Waals surface area contributed by atoms with E-state index in [2.05, 4.69) is 5.10 Å². The normalized spacial score (nSPS) is 20.4. The highest BCUT2D eigenvalue weighted by Crippen LogP contribution is 2.35. The molecule has 0 saturated heterocycles. The average molecular weight is 271 g/mol. The molecule has 1 unspecified atom stereocenters. The Labute approximate surface area is 114 Å². The first kappa shape index (κ1) is 13.9. The topological polar surface area (TPSA) is 38.0 Å². The summed E-state index contributed by atoms with van der Waals surface area (Å²) < 4.78 is 1.83. The lowest BCUT2D eigenvalue weighted by Gasteiger charge is -2.25. The number of aryl methyl sites for hydroxylation is 1. The van der Waals surface area contributed by atoms with Gasteiger partial charge in [0.1, 0.15) is 0 Å². The molecule has 1 aliphatic carbocycles. The van der Waals surface area contributed by atoms with Crippen molar-refractivity contribution < 1.29 is 5.11 Å². The van der Waals surface area contributed by atoms with Crippen LogP contribution in [-0.4, -0.2) is 14.9 Å². The summed E-state index contributed by atoms with van der Waals surface area (Å²) >= 11 is 6.17. The first-order chi connectivity index (χ1) is 8.74. The maximum atomic E-state index is 10.6. The zero-order chi connectivity index (χ0) is 13.0. The van der Waals surface area contributed by atoms with E-state index in [-0.39, 0.29) is 0 Å². The van der Waals surface area contributed by atoms with Crippen LogP contribution in [0.4, 0.5) is 0 Å². The Hall–Kier alpha value is -0.540. The van der Waals surface area contributed by atoms with Crippen molar-refractivity contribution in [2.24, 2.45) is 5.92 Å². The van der Waals surface area contributed by atoms with Gasteiger partial charge in [0.25, 0.3) is 0 Å². The lowest BCUT2D eigenvalue weighted by Crippen LogP contribution is -2.18. The van der Waals surface area contributed by atoms with Gasteiger partial charge in [-0.15, -0.1) is 0 Å². The van der Waals surface area contributed by atoms with Crippen LogP contribution in [0.15, 0.2) is 6.20 Å². The van der Waals surface area contributed by atoms with Crippen LogP contribution in [0.5, 0.6) is 0 Å². The van der Waals surface area contributed by atoms with Gasteiger partial charge in [-0.2, -0.15) is 5.10 Å². The van der Waals surface area contributed by atoms with Gasteiger partial charge in [0.15, 0.2) is 0 Å². The molecule has 1 fully saturated rings. The Morgan fingerprint density at radius 1 is 1.33 bits per heavy atom. The number of halogens is 1. The second-order valence-corrected chi connectivity index (χ2v) is 5.65. The zero-order valence-electron chi connectivity index (χ0n) is 11.1. The van der Waals surface area contributed by atoms with Gasteiger partial charge in [0.2, 0.25) is 0 Å². The fourth-order valence-corrected chi connectivity index (χ4v) is 3.20. The summed E-state index contributed by atoms with van der Waals surface area (Å²) in [6.07, 6.45) is 9.77. The maximum Gasteiger partial charge on any atom is 0.0999 e.